The molecule has 3 saturated heterocycles. The molecule has 3 heteroatoms. The molecule has 2 atom stereocenters. The Morgan fingerprint density at radius 2 is 1.73 bits per heavy atom. The van der Waals surface area contributed by atoms with Crippen molar-refractivity contribution in [2.24, 2.45) is 11.8 Å². The second-order valence-electron chi connectivity index (χ2n) is 5.30. The fraction of sp³-hybridized carbons (Fsp3) is 0.917. The first-order valence-corrected chi connectivity index (χ1v) is 6.20. The summed E-state index contributed by atoms with van der Waals surface area (Å²) in [5.41, 5.74) is 0. The van der Waals surface area contributed by atoms with E-state index in [-0.39, 0.29) is 5.92 Å². The summed E-state index contributed by atoms with van der Waals surface area (Å²) in [6, 6.07) is 1.24. The minimum atomic E-state index is 0.230. The highest BCUT2D eigenvalue weighted by Gasteiger charge is 2.38. The molecule has 0 aromatic heterocycles. The molecule has 0 aromatic rings. The average Bonchev–Trinajstić information content (AvgIpc) is 2.14. The molecule has 84 valence electrons. The molecule has 0 spiro atoms. The van der Waals surface area contributed by atoms with Gasteiger partial charge >= 0.3 is 0 Å². The zero-order chi connectivity index (χ0) is 10.3. The van der Waals surface area contributed by atoms with Gasteiger partial charge in [-0.25, -0.2) is 0 Å². The fourth-order valence-electron chi connectivity index (χ4n) is 3.23. The standard InChI is InChI=1S/C12H19NO2/c14-12(9-6-15-7-9)8-4-10-2-1-3-11(5-8)13-10/h8-11,13H,1-7H2. The molecular weight excluding hydrogens is 190 g/mol. The van der Waals surface area contributed by atoms with Crippen molar-refractivity contribution in [3.63, 3.8) is 0 Å². The summed E-state index contributed by atoms with van der Waals surface area (Å²) in [5, 5.41) is 3.63. The molecule has 3 heterocycles. The van der Waals surface area contributed by atoms with Gasteiger partial charge in [0.1, 0.15) is 5.78 Å². The molecule has 0 aromatic carbocycles. The van der Waals surface area contributed by atoms with Crippen molar-refractivity contribution in [2.75, 3.05) is 13.2 Å². The Morgan fingerprint density at radius 1 is 1.07 bits per heavy atom. The molecule has 3 aliphatic heterocycles. The van der Waals surface area contributed by atoms with Crippen LogP contribution < -0.4 is 5.32 Å². The largest absolute Gasteiger partial charge is 0.380 e. The third-order valence-electron chi connectivity index (χ3n) is 4.16. The SMILES string of the molecule is O=C(C1COC1)C1CC2CCCC(C1)N2. The molecule has 15 heavy (non-hydrogen) atoms. The minimum Gasteiger partial charge on any atom is -0.380 e. The zero-order valence-corrected chi connectivity index (χ0v) is 9.08. The molecule has 0 aliphatic carbocycles. The van der Waals surface area contributed by atoms with Crippen LogP contribution >= 0.6 is 0 Å². The van der Waals surface area contributed by atoms with Gasteiger partial charge in [0.15, 0.2) is 0 Å². The summed E-state index contributed by atoms with van der Waals surface area (Å²) in [7, 11) is 0. The molecule has 1 N–H and O–H groups in total. The molecule has 0 radical (unpaired) electrons. The number of ether oxygens (including phenoxy) is 1. The second kappa shape index (κ2) is 3.87. The van der Waals surface area contributed by atoms with Gasteiger partial charge in [-0.1, -0.05) is 6.42 Å². The lowest BCUT2D eigenvalue weighted by Crippen LogP contribution is -2.52. The maximum Gasteiger partial charge on any atom is 0.143 e. The number of rotatable bonds is 2. The first kappa shape index (κ1) is 9.79. The van der Waals surface area contributed by atoms with Crippen LogP contribution in [0.4, 0.5) is 0 Å². The normalized spacial score (nSPS) is 40.9. The molecule has 2 bridgehead atoms. The zero-order valence-electron chi connectivity index (χ0n) is 9.08. The van der Waals surface area contributed by atoms with Crippen molar-refractivity contribution < 1.29 is 9.53 Å². The number of Topliss-reactive ketones (excluding diaryl/α,β-unsaturated/α-hetero) is 1. The quantitative estimate of drug-likeness (QED) is 0.740. The van der Waals surface area contributed by atoms with E-state index < -0.39 is 0 Å². The van der Waals surface area contributed by atoms with Crippen molar-refractivity contribution in [1.82, 2.24) is 5.32 Å². The molecule has 3 rings (SSSR count). The van der Waals surface area contributed by atoms with E-state index in [2.05, 4.69) is 5.32 Å². The van der Waals surface area contributed by atoms with Crippen LogP contribution in [-0.4, -0.2) is 31.1 Å². The van der Waals surface area contributed by atoms with E-state index in [1.807, 2.05) is 0 Å². The summed E-state index contributed by atoms with van der Waals surface area (Å²) < 4.78 is 5.10. The maximum absolute atomic E-state index is 12.1. The topological polar surface area (TPSA) is 38.3 Å². The molecule has 0 saturated carbocycles. The van der Waals surface area contributed by atoms with Crippen LogP contribution in [-0.2, 0) is 9.53 Å². The van der Waals surface area contributed by atoms with Crippen LogP contribution in [0.5, 0.6) is 0 Å². The van der Waals surface area contributed by atoms with E-state index in [4.69, 9.17) is 4.74 Å². The summed E-state index contributed by atoms with van der Waals surface area (Å²) >= 11 is 0. The fourth-order valence-corrected chi connectivity index (χ4v) is 3.23. The lowest BCUT2D eigenvalue weighted by Gasteiger charge is -2.41. The molecule has 3 nitrogen and oxygen atoms in total. The molecular formula is C12H19NO2. The van der Waals surface area contributed by atoms with Gasteiger partial charge in [0.2, 0.25) is 0 Å². The number of nitrogens with one attached hydrogen (secondary N) is 1. The Morgan fingerprint density at radius 3 is 2.27 bits per heavy atom. The average molecular weight is 209 g/mol. The Labute approximate surface area is 90.6 Å². The summed E-state index contributed by atoms with van der Waals surface area (Å²) in [4.78, 5) is 12.1. The van der Waals surface area contributed by atoms with Crippen LogP contribution in [0, 0.1) is 11.8 Å². The van der Waals surface area contributed by atoms with Crippen molar-refractivity contribution in [3.05, 3.63) is 0 Å². The predicted octanol–water partition coefficient (Wildman–Crippen LogP) is 1.12. The number of carbonyl (C=O) groups excluding carboxylic acids is 1. The van der Waals surface area contributed by atoms with Crippen molar-refractivity contribution in [1.29, 1.82) is 0 Å². The minimum absolute atomic E-state index is 0.230. The number of ketones is 1. The second-order valence-corrected chi connectivity index (χ2v) is 5.30. The Hall–Kier alpha value is -0.410. The molecule has 3 aliphatic rings. The number of hydrogen-bond donors (Lipinski definition) is 1. The third-order valence-corrected chi connectivity index (χ3v) is 4.16. The van der Waals surface area contributed by atoms with Crippen LogP contribution in [0.2, 0.25) is 0 Å². The number of fused-ring (bicyclic) bond motifs is 2. The molecule has 3 fully saturated rings. The molecule has 0 amide bonds. The summed E-state index contributed by atoms with van der Waals surface area (Å²) in [6.45, 7) is 1.36. The number of carbonyl (C=O) groups is 1. The Balaban J connectivity index is 1.63. The predicted molar refractivity (Wildman–Crippen MR) is 56.6 cm³/mol. The first-order chi connectivity index (χ1) is 7.33. The van der Waals surface area contributed by atoms with E-state index in [0.717, 1.165) is 12.8 Å². The highest BCUT2D eigenvalue weighted by Crippen LogP contribution is 2.32. The van der Waals surface area contributed by atoms with Gasteiger partial charge in [0.05, 0.1) is 19.1 Å². The van der Waals surface area contributed by atoms with Crippen LogP contribution in [0.1, 0.15) is 32.1 Å². The van der Waals surface area contributed by atoms with Gasteiger partial charge in [-0.15, -0.1) is 0 Å². The van der Waals surface area contributed by atoms with Gasteiger partial charge in [0.25, 0.3) is 0 Å². The van der Waals surface area contributed by atoms with E-state index in [1.165, 1.54) is 19.3 Å². The summed E-state index contributed by atoms with van der Waals surface area (Å²) in [5.74, 6) is 1.05. The maximum atomic E-state index is 12.1. The van der Waals surface area contributed by atoms with Gasteiger partial charge < -0.3 is 10.1 Å². The number of hydrogen-bond acceptors (Lipinski definition) is 3. The van der Waals surface area contributed by atoms with E-state index in [1.54, 1.807) is 0 Å². The van der Waals surface area contributed by atoms with E-state index in [0.29, 0.717) is 37.0 Å². The Kier molecular flexibility index (Phi) is 2.53. The Bertz CT molecular complexity index is 250. The third kappa shape index (κ3) is 1.83. The van der Waals surface area contributed by atoms with Gasteiger partial charge in [-0.05, 0) is 25.7 Å². The summed E-state index contributed by atoms with van der Waals surface area (Å²) in [6.07, 6.45) is 6.02. The first-order valence-electron chi connectivity index (χ1n) is 6.20. The van der Waals surface area contributed by atoms with Crippen molar-refractivity contribution >= 4 is 5.78 Å². The molecule has 2 unspecified atom stereocenters. The van der Waals surface area contributed by atoms with Crippen molar-refractivity contribution in [3.8, 4) is 0 Å². The monoisotopic (exact) mass is 209 g/mol. The smallest absolute Gasteiger partial charge is 0.143 e. The van der Waals surface area contributed by atoms with E-state index in [9.17, 15) is 4.79 Å². The van der Waals surface area contributed by atoms with Crippen LogP contribution in [0.3, 0.4) is 0 Å². The highest BCUT2D eigenvalue weighted by molar-refractivity contribution is 5.84. The van der Waals surface area contributed by atoms with Gasteiger partial charge in [-0.2, -0.15) is 0 Å². The van der Waals surface area contributed by atoms with E-state index >= 15 is 0 Å². The lowest BCUT2D eigenvalue weighted by molar-refractivity contribution is -0.142. The van der Waals surface area contributed by atoms with Gasteiger partial charge in [-0.3, -0.25) is 4.79 Å². The van der Waals surface area contributed by atoms with Crippen LogP contribution in [0.25, 0.3) is 0 Å². The van der Waals surface area contributed by atoms with Gasteiger partial charge in [0, 0.05) is 18.0 Å². The van der Waals surface area contributed by atoms with Crippen molar-refractivity contribution in [2.45, 2.75) is 44.2 Å². The lowest BCUT2D eigenvalue weighted by atomic mass is 9.75. The number of piperidine rings is 2. The van der Waals surface area contributed by atoms with Crippen LogP contribution in [0.15, 0.2) is 0 Å². The highest BCUT2D eigenvalue weighted by atomic mass is 16.5.